The molecule has 0 N–H and O–H groups in total. The molecule has 0 unspecified atom stereocenters. The van der Waals surface area contributed by atoms with E-state index in [2.05, 4.69) is 4.90 Å². The summed E-state index contributed by atoms with van der Waals surface area (Å²) in [7, 11) is 1.63. The van der Waals surface area contributed by atoms with Gasteiger partial charge in [0.2, 0.25) is 5.91 Å². The van der Waals surface area contributed by atoms with Gasteiger partial charge in [-0.2, -0.15) is 0 Å². The molecule has 3 heterocycles. The van der Waals surface area contributed by atoms with Crippen molar-refractivity contribution in [3.63, 3.8) is 0 Å². The van der Waals surface area contributed by atoms with Gasteiger partial charge in [-0.25, -0.2) is 0 Å². The van der Waals surface area contributed by atoms with E-state index < -0.39 is 11.9 Å². The van der Waals surface area contributed by atoms with Crippen molar-refractivity contribution >= 4 is 29.2 Å². The summed E-state index contributed by atoms with van der Waals surface area (Å²) in [6.07, 6.45) is 0.0437. The largest absolute Gasteiger partial charge is 0.497 e. The lowest BCUT2D eigenvalue weighted by Crippen LogP contribution is -2.50. The third kappa shape index (κ3) is 5.02. The van der Waals surface area contributed by atoms with E-state index in [4.69, 9.17) is 18.9 Å². The van der Waals surface area contributed by atoms with Crippen molar-refractivity contribution in [3.8, 4) is 17.2 Å². The number of benzene rings is 2. The maximum atomic E-state index is 12.6. The summed E-state index contributed by atoms with van der Waals surface area (Å²) in [6, 6.07) is 13.1. The molecule has 0 bridgehead atoms. The number of fused-ring (bicyclic) bond motifs is 1. The molecule has 2 aromatic rings. The van der Waals surface area contributed by atoms with Gasteiger partial charge in [-0.3, -0.25) is 14.4 Å². The van der Waals surface area contributed by atoms with Gasteiger partial charge >= 0.3 is 5.97 Å². The number of anilines is 2. The summed E-state index contributed by atoms with van der Waals surface area (Å²) in [4.78, 5) is 43.3. The van der Waals surface area contributed by atoms with Crippen LogP contribution in [0.25, 0.3) is 0 Å². The Morgan fingerprint density at radius 2 is 1.64 bits per heavy atom. The summed E-state index contributed by atoms with van der Waals surface area (Å²) in [5, 5.41) is 0. The minimum absolute atomic E-state index is 0.0437. The van der Waals surface area contributed by atoms with Gasteiger partial charge in [-0.15, -0.1) is 0 Å². The standard InChI is InChI=1S/C26H29N3O7/c1-33-21-5-2-19(3-6-21)27-8-10-28(11-9-27)25(31)17-36-26(32)18-14-24(30)29(16-18)20-4-7-22-23(15-20)35-13-12-34-22/h2-7,15,18H,8-14,16-17H2,1H3/t18-/m0/s1. The number of nitrogens with zero attached hydrogens (tertiary/aromatic N) is 3. The Morgan fingerprint density at radius 1 is 0.944 bits per heavy atom. The quantitative estimate of drug-likeness (QED) is 0.559. The fourth-order valence-electron chi connectivity index (χ4n) is 4.66. The molecular weight excluding hydrogens is 466 g/mol. The van der Waals surface area contributed by atoms with Crippen LogP contribution in [0.1, 0.15) is 6.42 Å². The number of esters is 1. The number of piperazine rings is 1. The van der Waals surface area contributed by atoms with Crippen LogP contribution in [0.4, 0.5) is 11.4 Å². The van der Waals surface area contributed by atoms with E-state index in [1.165, 1.54) is 0 Å². The minimum Gasteiger partial charge on any atom is -0.497 e. The first-order valence-electron chi connectivity index (χ1n) is 12.1. The SMILES string of the molecule is COc1ccc(N2CCN(C(=O)COC(=O)[C@H]3CC(=O)N(c4ccc5c(c4)OCCO5)C3)CC2)cc1. The summed E-state index contributed by atoms with van der Waals surface area (Å²) in [5.41, 5.74) is 1.72. The molecule has 2 saturated heterocycles. The summed E-state index contributed by atoms with van der Waals surface area (Å²) in [5.74, 6) is 0.457. The number of hydrogen-bond donors (Lipinski definition) is 0. The number of hydrogen-bond acceptors (Lipinski definition) is 8. The predicted molar refractivity (Wildman–Crippen MR) is 131 cm³/mol. The predicted octanol–water partition coefficient (Wildman–Crippen LogP) is 1.71. The monoisotopic (exact) mass is 495 g/mol. The van der Waals surface area contributed by atoms with Crippen LogP contribution in [0, 0.1) is 5.92 Å². The van der Waals surface area contributed by atoms with Gasteiger partial charge in [-0.05, 0) is 36.4 Å². The Kier molecular flexibility index (Phi) is 6.84. The van der Waals surface area contributed by atoms with Crippen molar-refractivity contribution in [2.24, 2.45) is 5.92 Å². The van der Waals surface area contributed by atoms with E-state index in [-0.39, 0.29) is 31.4 Å². The highest BCUT2D eigenvalue weighted by Gasteiger charge is 2.37. The molecule has 5 rings (SSSR count). The third-order valence-electron chi connectivity index (χ3n) is 6.70. The van der Waals surface area contributed by atoms with Crippen molar-refractivity contribution in [1.29, 1.82) is 0 Å². The second-order valence-corrected chi connectivity index (χ2v) is 8.91. The van der Waals surface area contributed by atoms with Crippen LogP contribution in [0.15, 0.2) is 42.5 Å². The molecule has 36 heavy (non-hydrogen) atoms. The van der Waals surface area contributed by atoms with E-state index in [1.54, 1.807) is 35.1 Å². The maximum absolute atomic E-state index is 12.6. The second-order valence-electron chi connectivity index (χ2n) is 8.91. The third-order valence-corrected chi connectivity index (χ3v) is 6.70. The van der Waals surface area contributed by atoms with Gasteiger partial charge < -0.3 is 33.6 Å². The van der Waals surface area contributed by atoms with Gasteiger partial charge in [-0.1, -0.05) is 0 Å². The minimum atomic E-state index is -0.620. The second kappa shape index (κ2) is 10.3. The molecule has 190 valence electrons. The van der Waals surface area contributed by atoms with E-state index in [1.807, 2.05) is 24.3 Å². The van der Waals surface area contributed by atoms with Crippen LogP contribution in [-0.4, -0.2) is 82.3 Å². The molecule has 0 saturated carbocycles. The van der Waals surface area contributed by atoms with Crippen LogP contribution < -0.4 is 24.0 Å². The molecule has 1 atom stereocenters. The first-order chi connectivity index (χ1) is 17.5. The molecule has 3 aliphatic rings. The van der Waals surface area contributed by atoms with Crippen molar-refractivity contribution in [3.05, 3.63) is 42.5 Å². The van der Waals surface area contributed by atoms with Crippen molar-refractivity contribution in [2.75, 3.05) is 69.5 Å². The van der Waals surface area contributed by atoms with Crippen LogP contribution in [0.2, 0.25) is 0 Å². The number of amides is 2. The highest BCUT2D eigenvalue weighted by Crippen LogP contribution is 2.36. The van der Waals surface area contributed by atoms with Crippen molar-refractivity contribution in [2.45, 2.75) is 6.42 Å². The maximum Gasteiger partial charge on any atom is 0.311 e. The molecule has 0 aliphatic carbocycles. The zero-order valence-corrected chi connectivity index (χ0v) is 20.2. The molecule has 10 nitrogen and oxygen atoms in total. The summed E-state index contributed by atoms with van der Waals surface area (Å²) < 4.78 is 21.6. The first-order valence-corrected chi connectivity index (χ1v) is 12.1. The lowest BCUT2D eigenvalue weighted by Gasteiger charge is -2.36. The number of methoxy groups -OCH3 is 1. The highest BCUT2D eigenvalue weighted by atomic mass is 16.6. The molecule has 2 amide bonds. The van der Waals surface area contributed by atoms with Gasteiger partial charge in [0.05, 0.1) is 13.0 Å². The number of rotatable bonds is 6. The molecular formula is C26H29N3O7. The van der Waals surface area contributed by atoms with Gasteiger partial charge in [0.1, 0.15) is 19.0 Å². The molecule has 2 fully saturated rings. The van der Waals surface area contributed by atoms with Crippen LogP contribution >= 0.6 is 0 Å². The molecule has 10 heteroatoms. The van der Waals surface area contributed by atoms with E-state index >= 15 is 0 Å². The Hall–Kier alpha value is -3.95. The Bertz CT molecular complexity index is 1130. The van der Waals surface area contributed by atoms with Crippen LogP contribution in [0.5, 0.6) is 17.2 Å². The van der Waals surface area contributed by atoms with Crippen molar-refractivity contribution in [1.82, 2.24) is 4.90 Å². The zero-order chi connectivity index (χ0) is 25.1. The topological polar surface area (TPSA) is 97.9 Å². The molecule has 0 spiro atoms. The average Bonchev–Trinajstić information content (AvgIpc) is 3.33. The Balaban J connectivity index is 1.09. The zero-order valence-electron chi connectivity index (χ0n) is 20.2. The summed E-state index contributed by atoms with van der Waals surface area (Å²) >= 11 is 0. The van der Waals surface area contributed by atoms with Crippen molar-refractivity contribution < 1.29 is 33.3 Å². The van der Waals surface area contributed by atoms with Crippen LogP contribution in [0.3, 0.4) is 0 Å². The molecule has 3 aliphatic heterocycles. The number of carbonyl (C=O) groups is 3. The van der Waals surface area contributed by atoms with E-state index in [0.717, 1.165) is 11.4 Å². The molecule has 0 aromatic heterocycles. The van der Waals surface area contributed by atoms with Crippen LogP contribution in [-0.2, 0) is 19.1 Å². The first kappa shape index (κ1) is 23.8. The average molecular weight is 496 g/mol. The normalized spacial score (nSPS) is 19.3. The van der Waals surface area contributed by atoms with E-state index in [9.17, 15) is 14.4 Å². The summed E-state index contributed by atoms with van der Waals surface area (Å²) in [6.45, 7) is 3.28. The molecule has 2 aromatic carbocycles. The number of ether oxygens (including phenoxy) is 4. The Morgan fingerprint density at radius 3 is 2.36 bits per heavy atom. The lowest BCUT2D eigenvalue weighted by molar-refractivity contribution is -0.155. The van der Waals surface area contributed by atoms with E-state index in [0.29, 0.717) is 56.6 Å². The lowest BCUT2D eigenvalue weighted by atomic mass is 10.1. The smallest absolute Gasteiger partial charge is 0.311 e. The van der Waals surface area contributed by atoms with Gasteiger partial charge in [0.25, 0.3) is 5.91 Å². The number of carbonyl (C=O) groups excluding carboxylic acids is 3. The fourth-order valence-corrected chi connectivity index (χ4v) is 4.66. The fraction of sp³-hybridized carbons (Fsp3) is 0.423. The molecule has 0 radical (unpaired) electrons. The van der Waals surface area contributed by atoms with Gasteiger partial charge in [0.15, 0.2) is 18.1 Å². The van der Waals surface area contributed by atoms with Gasteiger partial charge in [0, 0.05) is 56.6 Å². The Labute approximate surface area is 209 Å². The highest BCUT2D eigenvalue weighted by molar-refractivity contribution is 6.00.